The summed E-state index contributed by atoms with van der Waals surface area (Å²) in [7, 11) is 0. The zero-order valence-corrected chi connectivity index (χ0v) is 7.22. The van der Waals surface area contributed by atoms with Crippen molar-refractivity contribution >= 4 is 12.4 Å². The highest BCUT2D eigenvalue weighted by molar-refractivity contribution is 5.85. The average molecular weight is 230 g/mol. The molecule has 0 aromatic rings. The van der Waals surface area contributed by atoms with Gasteiger partial charge < -0.3 is 10.5 Å². The molecule has 0 aliphatic heterocycles. The summed E-state index contributed by atoms with van der Waals surface area (Å²) in [4.78, 5) is 0. The quantitative estimate of drug-likeness (QED) is 0.591. The molecule has 0 heterocycles. The molecule has 8 heteroatoms. The Balaban J connectivity index is 0. The Labute approximate surface area is 77.6 Å². The summed E-state index contributed by atoms with van der Waals surface area (Å²) >= 11 is 0. The highest BCUT2D eigenvalue weighted by Crippen LogP contribution is 2.36. The van der Waals surface area contributed by atoms with Crippen molar-refractivity contribution in [2.45, 2.75) is 18.7 Å². The first-order valence-electron chi connectivity index (χ1n) is 3.10. The number of hydrogen-bond acceptors (Lipinski definition) is 2. The summed E-state index contributed by atoms with van der Waals surface area (Å²) in [5, 5.41) is 0. The molecule has 0 radical (unpaired) electrons. The molecule has 0 aliphatic rings. The Kier molecular flexibility index (Phi) is 6.56. The SMILES string of the molecule is Cl.NCCCOC(F)(F)C(F)(F)F. The second-order valence-corrected chi connectivity index (χ2v) is 2.01. The van der Waals surface area contributed by atoms with Gasteiger partial charge in [-0.25, -0.2) is 0 Å². The van der Waals surface area contributed by atoms with Crippen molar-refractivity contribution in [3.63, 3.8) is 0 Å². The number of ether oxygens (including phenoxy) is 1. The molecule has 13 heavy (non-hydrogen) atoms. The van der Waals surface area contributed by atoms with Crippen molar-refractivity contribution < 1.29 is 26.7 Å². The lowest BCUT2D eigenvalue weighted by atomic mass is 10.4. The van der Waals surface area contributed by atoms with Crippen LogP contribution in [0, 0.1) is 0 Å². The first-order valence-corrected chi connectivity index (χ1v) is 3.10. The fourth-order valence-electron chi connectivity index (χ4n) is 0.366. The third kappa shape index (κ3) is 5.22. The topological polar surface area (TPSA) is 35.2 Å². The van der Waals surface area contributed by atoms with Crippen molar-refractivity contribution in [2.75, 3.05) is 13.2 Å². The molecule has 0 amide bonds. The van der Waals surface area contributed by atoms with E-state index in [4.69, 9.17) is 5.73 Å². The molecule has 82 valence electrons. The smallest absolute Gasteiger partial charge is 0.330 e. The molecule has 0 aliphatic carbocycles. The Morgan fingerprint density at radius 2 is 1.54 bits per heavy atom. The second kappa shape index (κ2) is 5.56. The summed E-state index contributed by atoms with van der Waals surface area (Å²) in [6.45, 7) is -0.697. The van der Waals surface area contributed by atoms with Gasteiger partial charge in [-0.05, 0) is 13.0 Å². The minimum absolute atomic E-state index is 0. The monoisotopic (exact) mass is 229 g/mol. The number of halogens is 6. The van der Waals surface area contributed by atoms with Crippen LogP contribution in [0.1, 0.15) is 6.42 Å². The highest BCUT2D eigenvalue weighted by atomic mass is 35.5. The van der Waals surface area contributed by atoms with Gasteiger partial charge in [-0.15, -0.1) is 12.4 Å². The lowest BCUT2D eigenvalue weighted by molar-refractivity contribution is -0.391. The van der Waals surface area contributed by atoms with E-state index in [0.717, 1.165) is 0 Å². The van der Waals surface area contributed by atoms with Crippen LogP contribution in [0.2, 0.25) is 0 Å². The average Bonchev–Trinajstić information content (AvgIpc) is 1.85. The van der Waals surface area contributed by atoms with Crippen molar-refractivity contribution in [1.82, 2.24) is 0 Å². The third-order valence-electron chi connectivity index (χ3n) is 0.962. The van der Waals surface area contributed by atoms with E-state index in [9.17, 15) is 22.0 Å². The van der Waals surface area contributed by atoms with E-state index in [1.165, 1.54) is 0 Å². The normalized spacial score (nSPS) is 12.5. The van der Waals surface area contributed by atoms with Gasteiger partial charge in [-0.3, -0.25) is 0 Å². The van der Waals surface area contributed by atoms with Gasteiger partial charge in [0.1, 0.15) is 0 Å². The lowest BCUT2D eigenvalue weighted by Crippen LogP contribution is -2.39. The summed E-state index contributed by atoms with van der Waals surface area (Å²) in [6, 6.07) is 0. The zero-order valence-electron chi connectivity index (χ0n) is 6.40. The molecule has 0 aromatic carbocycles. The van der Waals surface area contributed by atoms with E-state index in [1.54, 1.807) is 0 Å². The maximum Gasteiger partial charge on any atom is 0.482 e. The molecule has 0 rings (SSSR count). The van der Waals surface area contributed by atoms with Crippen LogP contribution >= 0.6 is 12.4 Å². The Bertz CT molecular complexity index is 139. The maximum atomic E-state index is 11.9. The molecule has 0 bridgehead atoms. The fourth-order valence-corrected chi connectivity index (χ4v) is 0.366. The standard InChI is InChI=1S/C5H8F5NO.ClH/c6-4(7,8)5(9,10)12-3-1-2-11;/h1-3,11H2;1H. The fraction of sp³-hybridized carbons (Fsp3) is 1.00. The van der Waals surface area contributed by atoms with Gasteiger partial charge in [0.05, 0.1) is 6.61 Å². The highest BCUT2D eigenvalue weighted by Gasteiger charge is 2.59. The Hall–Kier alpha value is -0.140. The summed E-state index contributed by atoms with van der Waals surface area (Å²) in [5.41, 5.74) is 4.86. The molecular weight excluding hydrogens is 221 g/mol. The predicted molar refractivity (Wildman–Crippen MR) is 37.9 cm³/mol. The third-order valence-corrected chi connectivity index (χ3v) is 0.962. The van der Waals surface area contributed by atoms with Crippen LogP contribution in [0.5, 0.6) is 0 Å². The maximum absolute atomic E-state index is 11.9. The first kappa shape index (κ1) is 15.3. The summed E-state index contributed by atoms with van der Waals surface area (Å²) in [6.07, 6.45) is -10.8. The Morgan fingerprint density at radius 3 is 1.85 bits per heavy atom. The van der Waals surface area contributed by atoms with E-state index in [1.807, 2.05) is 0 Å². The van der Waals surface area contributed by atoms with Crippen LogP contribution in [0.3, 0.4) is 0 Å². The minimum atomic E-state index is -5.65. The van der Waals surface area contributed by atoms with Crippen molar-refractivity contribution in [2.24, 2.45) is 5.73 Å². The zero-order chi connectivity index (χ0) is 9.83. The number of hydrogen-bond donors (Lipinski definition) is 1. The Morgan fingerprint density at radius 1 is 1.08 bits per heavy atom. The first-order chi connectivity index (χ1) is 5.31. The van der Waals surface area contributed by atoms with Gasteiger partial charge in [-0.1, -0.05) is 0 Å². The molecule has 0 saturated heterocycles. The molecule has 0 saturated carbocycles. The molecular formula is C5H9ClF5NO. The molecule has 2 nitrogen and oxygen atoms in total. The second-order valence-electron chi connectivity index (χ2n) is 2.01. The van der Waals surface area contributed by atoms with Gasteiger partial charge in [0, 0.05) is 0 Å². The molecule has 0 unspecified atom stereocenters. The van der Waals surface area contributed by atoms with Crippen molar-refractivity contribution in [3.8, 4) is 0 Å². The summed E-state index contributed by atoms with van der Waals surface area (Å²) in [5.74, 6) is 0. The van der Waals surface area contributed by atoms with E-state index in [-0.39, 0.29) is 25.4 Å². The molecule has 0 spiro atoms. The van der Waals surface area contributed by atoms with Crippen molar-refractivity contribution in [3.05, 3.63) is 0 Å². The lowest BCUT2D eigenvalue weighted by Gasteiger charge is -2.18. The van der Waals surface area contributed by atoms with E-state index in [2.05, 4.69) is 4.74 Å². The van der Waals surface area contributed by atoms with Gasteiger partial charge >= 0.3 is 12.3 Å². The van der Waals surface area contributed by atoms with Crippen LogP contribution in [0.15, 0.2) is 0 Å². The van der Waals surface area contributed by atoms with Gasteiger partial charge in [0.2, 0.25) is 0 Å². The van der Waals surface area contributed by atoms with Gasteiger partial charge in [0.15, 0.2) is 0 Å². The number of alkyl halides is 5. The van der Waals surface area contributed by atoms with Crippen LogP contribution in [0.25, 0.3) is 0 Å². The molecule has 0 aromatic heterocycles. The van der Waals surface area contributed by atoms with Crippen LogP contribution < -0.4 is 5.73 Å². The van der Waals surface area contributed by atoms with Crippen molar-refractivity contribution in [1.29, 1.82) is 0 Å². The van der Waals surface area contributed by atoms with Gasteiger partial charge in [0.25, 0.3) is 0 Å². The number of nitrogens with two attached hydrogens (primary N) is 1. The van der Waals surface area contributed by atoms with E-state index >= 15 is 0 Å². The predicted octanol–water partition coefficient (Wildman–Crippen LogP) is 1.93. The number of rotatable bonds is 4. The van der Waals surface area contributed by atoms with E-state index in [0.29, 0.717) is 0 Å². The molecule has 2 N–H and O–H groups in total. The van der Waals surface area contributed by atoms with Crippen LogP contribution in [0.4, 0.5) is 22.0 Å². The minimum Gasteiger partial charge on any atom is -0.330 e. The summed E-state index contributed by atoms with van der Waals surface area (Å²) < 4.78 is 61.1. The molecule has 0 fully saturated rings. The van der Waals surface area contributed by atoms with E-state index < -0.39 is 18.9 Å². The molecule has 0 atom stereocenters. The largest absolute Gasteiger partial charge is 0.482 e. The van der Waals surface area contributed by atoms with Gasteiger partial charge in [-0.2, -0.15) is 22.0 Å². The van der Waals surface area contributed by atoms with Crippen LogP contribution in [-0.2, 0) is 4.74 Å². The van der Waals surface area contributed by atoms with Crippen LogP contribution in [-0.4, -0.2) is 25.4 Å².